The molecule has 5 nitrogen and oxygen atoms in total. The van der Waals surface area contributed by atoms with Gasteiger partial charge in [0.1, 0.15) is 11.5 Å². The van der Waals surface area contributed by atoms with Crippen LogP contribution in [0.2, 0.25) is 0 Å². The fourth-order valence-electron chi connectivity index (χ4n) is 1.76. The number of rotatable bonds is 4. The molecular weight excluding hydrogens is 246 g/mol. The van der Waals surface area contributed by atoms with Gasteiger partial charge in [-0.05, 0) is 36.4 Å². The van der Waals surface area contributed by atoms with E-state index in [4.69, 9.17) is 14.2 Å². The van der Waals surface area contributed by atoms with Crippen molar-refractivity contribution in [2.45, 2.75) is 0 Å². The molecule has 0 radical (unpaired) electrons. The molecule has 1 amide bonds. The molecule has 0 fully saturated rings. The Labute approximate surface area is 109 Å². The Morgan fingerprint density at radius 1 is 1.00 bits per heavy atom. The van der Waals surface area contributed by atoms with Gasteiger partial charge in [-0.1, -0.05) is 0 Å². The normalized spacial score (nSPS) is 12.0. The zero-order valence-corrected chi connectivity index (χ0v) is 9.96. The molecule has 2 aromatic rings. The molecule has 0 saturated carbocycles. The molecule has 0 spiro atoms. The van der Waals surface area contributed by atoms with Gasteiger partial charge in [0.2, 0.25) is 13.2 Å². The Morgan fingerprint density at radius 3 is 2.53 bits per heavy atom. The van der Waals surface area contributed by atoms with Gasteiger partial charge in [-0.15, -0.1) is 0 Å². The summed E-state index contributed by atoms with van der Waals surface area (Å²) in [5.41, 5.74) is 0.716. The van der Waals surface area contributed by atoms with E-state index in [0.717, 1.165) is 5.75 Å². The number of benzene rings is 2. The Kier molecular flexibility index (Phi) is 2.94. The van der Waals surface area contributed by atoms with Crippen LogP contribution in [0.5, 0.6) is 23.0 Å². The first kappa shape index (κ1) is 11.4. The first-order valence-corrected chi connectivity index (χ1v) is 5.73. The van der Waals surface area contributed by atoms with E-state index in [9.17, 15) is 4.79 Å². The Hall–Kier alpha value is -2.69. The molecular formula is C14H11NO4. The van der Waals surface area contributed by atoms with Crippen LogP contribution in [0.15, 0.2) is 42.5 Å². The number of ether oxygens (including phenoxy) is 3. The van der Waals surface area contributed by atoms with Crippen molar-refractivity contribution in [2.75, 3.05) is 12.1 Å². The first-order valence-electron chi connectivity index (χ1n) is 5.73. The molecule has 1 aliphatic rings. The first-order chi connectivity index (χ1) is 9.35. The minimum Gasteiger partial charge on any atom is -0.457 e. The zero-order chi connectivity index (χ0) is 13.1. The van der Waals surface area contributed by atoms with E-state index in [0.29, 0.717) is 29.3 Å². The molecule has 1 aliphatic heterocycles. The van der Waals surface area contributed by atoms with Gasteiger partial charge in [0, 0.05) is 11.8 Å². The summed E-state index contributed by atoms with van der Waals surface area (Å²) >= 11 is 0. The van der Waals surface area contributed by atoms with E-state index >= 15 is 0 Å². The van der Waals surface area contributed by atoms with Gasteiger partial charge in [-0.3, -0.25) is 4.79 Å². The molecule has 0 saturated heterocycles. The van der Waals surface area contributed by atoms with Gasteiger partial charge in [-0.25, -0.2) is 0 Å². The molecule has 0 bridgehead atoms. The second-order valence-corrected chi connectivity index (χ2v) is 3.90. The molecule has 5 heteroatoms. The fourth-order valence-corrected chi connectivity index (χ4v) is 1.76. The fraction of sp³-hybridized carbons (Fsp3) is 0.0714. The van der Waals surface area contributed by atoms with Crippen molar-refractivity contribution in [3.63, 3.8) is 0 Å². The minimum absolute atomic E-state index is 0.241. The summed E-state index contributed by atoms with van der Waals surface area (Å²) in [6.07, 6.45) is 0.633. The van der Waals surface area contributed by atoms with Crippen LogP contribution in [0, 0.1) is 0 Å². The third-order valence-electron chi connectivity index (χ3n) is 2.66. The summed E-state index contributed by atoms with van der Waals surface area (Å²) in [5, 5.41) is 2.56. The number of anilines is 1. The van der Waals surface area contributed by atoms with Crippen molar-refractivity contribution in [3.8, 4) is 23.0 Å². The van der Waals surface area contributed by atoms with Crippen LogP contribution in [0.4, 0.5) is 5.69 Å². The molecule has 96 valence electrons. The van der Waals surface area contributed by atoms with Crippen molar-refractivity contribution in [1.82, 2.24) is 0 Å². The molecule has 0 aromatic heterocycles. The molecule has 1 heterocycles. The van der Waals surface area contributed by atoms with Gasteiger partial charge >= 0.3 is 0 Å². The summed E-state index contributed by atoms with van der Waals surface area (Å²) < 4.78 is 16.2. The minimum atomic E-state index is 0.241. The SMILES string of the molecule is O=CNc1ccc(Oc2ccc3c(c2)OCO3)cc1. The Bertz CT molecular complexity index is 595. The topological polar surface area (TPSA) is 56.8 Å². The molecule has 3 rings (SSSR count). The van der Waals surface area contributed by atoms with Crippen molar-refractivity contribution in [3.05, 3.63) is 42.5 Å². The van der Waals surface area contributed by atoms with Crippen LogP contribution >= 0.6 is 0 Å². The van der Waals surface area contributed by atoms with Crippen LogP contribution in [-0.2, 0) is 4.79 Å². The highest BCUT2D eigenvalue weighted by Crippen LogP contribution is 2.36. The molecule has 0 aliphatic carbocycles. The van der Waals surface area contributed by atoms with Crippen molar-refractivity contribution < 1.29 is 19.0 Å². The smallest absolute Gasteiger partial charge is 0.231 e. The lowest BCUT2D eigenvalue weighted by atomic mass is 10.3. The summed E-state index contributed by atoms with van der Waals surface area (Å²) in [4.78, 5) is 10.3. The van der Waals surface area contributed by atoms with Crippen LogP contribution in [0.25, 0.3) is 0 Å². The summed E-state index contributed by atoms with van der Waals surface area (Å²) in [5.74, 6) is 2.74. The van der Waals surface area contributed by atoms with E-state index in [1.165, 1.54) is 0 Å². The van der Waals surface area contributed by atoms with Gasteiger partial charge in [0.15, 0.2) is 11.5 Å². The second-order valence-electron chi connectivity index (χ2n) is 3.90. The van der Waals surface area contributed by atoms with Gasteiger partial charge in [0.25, 0.3) is 0 Å². The molecule has 0 atom stereocenters. The Morgan fingerprint density at radius 2 is 1.74 bits per heavy atom. The number of carbonyl (C=O) groups is 1. The number of amides is 1. The zero-order valence-electron chi connectivity index (χ0n) is 9.96. The van der Waals surface area contributed by atoms with Crippen LogP contribution in [0.1, 0.15) is 0 Å². The predicted octanol–water partition coefficient (Wildman–Crippen LogP) is 2.78. The van der Waals surface area contributed by atoms with Crippen molar-refractivity contribution in [1.29, 1.82) is 0 Å². The number of hydrogen-bond acceptors (Lipinski definition) is 4. The maximum absolute atomic E-state index is 10.3. The standard InChI is InChI=1S/C14H11NO4/c16-8-15-10-1-3-11(4-2-10)19-12-5-6-13-14(7-12)18-9-17-13/h1-8H,9H2,(H,15,16). The summed E-state index contributed by atoms with van der Waals surface area (Å²) in [6.45, 7) is 0.241. The second kappa shape index (κ2) is 4.89. The molecule has 0 unspecified atom stereocenters. The monoisotopic (exact) mass is 257 g/mol. The summed E-state index contributed by atoms with van der Waals surface area (Å²) in [7, 11) is 0. The third-order valence-corrected chi connectivity index (χ3v) is 2.66. The lowest BCUT2D eigenvalue weighted by Crippen LogP contribution is -1.93. The number of carbonyl (C=O) groups excluding carboxylic acids is 1. The van der Waals surface area contributed by atoms with E-state index in [-0.39, 0.29) is 6.79 Å². The molecule has 19 heavy (non-hydrogen) atoms. The van der Waals surface area contributed by atoms with E-state index in [2.05, 4.69) is 5.32 Å². The van der Waals surface area contributed by atoms with Crippen molar-refractivity contribution in [2.24, 2.45) is 0 Å². The molecule has 2 aromatic carbocycles. The van der Waals surface area contributed by atoms with Gasteiger partial charge < -0.3 is 19.5 Å². The van der Waals surface area contributed by atoms with Crippen LogP contribution < -0.4 is 19.5 Å². The highest BCUT2D eigenvalue weighted by atomic mass is 16.7. The Balaban J connectivity index is 1.75. The van der Waals surface area contributed by atoms with Gasteiger partial charge in [-0.2, -0.15) is 0 Å². The average Bonchev–Trinajstić information content (AvgIpc) is 2.89. The average molecular weight is 257 g/mol. The van der Waals surface area contributed by atoms with E-state index in [1.807, 2.05) is 6.07 Å². The van der Waals surface area contributed by atoms with Gasteiger partial charge in [0.05, 0.1) is 0 Å². The summed E-state index contributed by atoms with van der Waals surface area (Å²) in [6, 6.07) is 12.5. The molecule has 1 N–H and O–H groups in total. The largest absolute Gasteiger partial charge is 0.457 e. The number of hydrogen-bond donors (Lipinski definition) is 1. The number of fused-ring (bicyclic) bond motifs is 1. The van der Waals surface area contributed by atoms with E-state index in [1.54, 1.807) is 36.4 Å². The maximum atomic E-state index is 10.3. The predicted molar refractivity (Wildman–Crippen MR) is 68.8 cm³/mol. The van der Waals surface area contributed by atoms with E-state index < -0.39 is 0 Å². The van der Waals surface area contributed by atoms with Crippen LogP contribution in [0.3, 0.4) is 0 Å². The highest BCUT2D eigenvalue weighted by molar-refractivity contribution is 5.71. The maximum Gasteiger partial charge on any atom is 0.231 e. The number of nitrogens with one attached hydrogen (secondary N) is 1. The van der Waals surface area contributed by atoms with Crippen LogP contribution in [-0.4, -0.2) is 13.2 Å². The van der Waals surface area contributed by atoms with Crippen molar-refractivity contribution >= 4 is 12.1 Å². The highest BCUT2D eigenvalue weighted by Gasteiger charge is 2.13. The lowest BCUT2D eigenvalue weighted by Gasteiger charge is -2.07. The quantitative estimate of drug-likeness (QED) is 0.856. The lowest BCUT2D eigenvalue weighted by molar-refractivity contribution is -0.105. The third kappa shape index (κ3) is 2.44.